The molecule has 0 saturated carbocycles. The van der Waals surface area contributed by atoms with Crippen molar-refractivity contribution in [2.24, 2.45) is 15.4 Å². The highest BCUT2D eigenvalue weighted by molar-refractivity contribution is 7.92. The Balaban J connectivity index is 1.29. The molecule has 4 heterocycles. The van der Waals surface area contributed by atoms with Crippen LogP contribution in [0.2, 0.25) is 0 Å². The van der Waals surface area contributed by atoms with E-state index < -0.39 is 77.4 Å². The molecule has 1 saturated heterocycles. The molecule has 13 nitrogen and oxygen atoms in total. The molecule has 0 bridgehead atoms. The number of piperidine rings is 1. The molecule has 2 aromatic heterocycles. The first-order valence-corrected chi connectivity index (χ1v) is 17.5. The van der Waals surface area contributed by atoms with Gasteiger partial charge in [0.1, 0.15) is 22.0 Å². The van der Waals surface area contributed by atoms with Crippen molar-refractivity contribution < 1.29 is 52.8 Å². The summed E-state index contributed by atoms with van der Waals surface area (Å²) in [4.78, 5) is 21.5. The Labute approximate surface area is 267 Å². The molecular weight excluding hydrogens is 705 g/mol. The standard InChI is InChI=1S/C25H25F6N7O6S3/c1-12-8-19(25(29,30)31)35-38(12)10-20(39)37-6-4-13(5-7-37)23-34-16(11-45-23)15-9-17(44-36-15)21-14(24(26,27)28)2-3-18(46(32,40)41)22(21)47(33,42)43/h2-3,8,11,13,17H,4-7,9-10H2,1H3,(H2,32,40,41)(H2,33,42,43). The second-order valence-corrected chi connectivity index (χ2v) is 14.7. The predicted octanol–water partition coefficient (Wildman–Crippen LogP) is 3.25. The van der Waals surface area contributed by atoms with Crippen LogP contribution < -0.4 is 10.3 Å². The largest absolute Gasteiger partial charge is 0.435 e. The van der Waals surface area contributed by atoms with E-state index in [2.05, 4.69) is 15.2 Å². The zero-order valence-electron chi connectivity index (χ0n) is 24.0. The monoisotopic (exact) mass is 729 g/mol. The minimum absolute atomic E-state index is 0.0624. The van der Waals surface area contributed by atoms with E-state index in [1.807, 2.05) is 0 Å². The van der Waals surface area contributed by atoms with Crippen LogP contribution in [0.3, 0.4) is 0 Å². The van der Waals surface area contributed by atoms with Crippen molar-refractivity contribution in [2.45, 2.75) is 66.9 Å². The second-order valence-electron chi connectivity index (χ2n) is 10.8. The number of aryl methyl sites for hydroxylation is 1. The number of halogens is 6. The van der Waals surface area contributed by atoms with E-state index in [9.17, 15) is 48.0 Å². The van der Waals surface area contributed by atoms with E-state index in [4.69, 9.17) is 15.1 Å². The Morgan fingerprint density at radius 2 is 1.70 bits per heavy atom. The van der Waals surface area contributed by atoms with Crippen molar-refractivity contribution in [1.29, 1.82) is 0 Å². The zero-order valence-corrected chi connectivity index (χ0v) is 26.5. The lowest BCUT2D eigenvalue weighted by Gasteiger charge is -2.31. The number of sulfonamides is 2. The molecule has 0 aliphatic carbocycles. The lowest BCUT2D eigenvalue weighted by Crippen LogP contribution is -2.40. The van der Waals surface area contributed by atoms with Crippen LogP contribution in [-0.2, 0) is 48.6 Å². The van der Waals surface area contributed by atoms with Crippen LogP contribution in [0.1, 0.15) is 64.5 Å². The minimum Gasteiger partial charge on any atom is -0.387 e. The molecule has 47 heavy (non-hydrogen) atoms. The number of aromatic nitrogens is 3. The molecule has 22 heteroatoms. The number of amides is 1. The highest BCUT2D eigenvalue weighted by Gasteiger charge is 2.43. The van der Waals surface area contributed by atoms with Gasteiger partial charge in [-0.15, -0.1) is 11.3 Å². The molecular formula is C25H25F6N7O6S3. The van der Waals surface area contributed by atoms with Gasteiger partial charge in [0.15, 0.2) is 11.8 Å². The summed E-state index contributed by atoms with van der Waals surface area (Å²) in [5, 5.41) is 19.7. The number of benzene rings is 1. The van der Waals surface area contributed by atoms with E-state index in [0.29, 0.717) is 30.0 Å². The fraction of sp³-hybridized carbons (Fsp3) is 0.440. The lowest BCUT2D eigenvalue weighted by molar-refractivity contribution is -0.142. The SMILES string of the molecule is Cc1cc(C(F)(F)F)nn1CC(=O)N1CCC(c2nc(C3=NOC(c4c(C(F)(F)F)ccc(S(N)(=O)=O)c4S(N)(=O)=O)C3)cs2)CC1. The highest BCUT2D eigenvalue weighted by Crippen LogP contribution is 2.44. The molecule has 1 aromatic carbocycles. The Bertz CT molecular complexity index is 1960. The third kappa shape index (κ3) is 7.29. The van der Waals surface area contributed by atoms with Crippen LogP contribution >= 0.6 is 11.3 Å². The van der Waals surface area contributed by atoms with Gasteiger partial charge in [-0.1, -0.05) is 5.16 Å². The maximum Gasteiger partial charge on any atom is 0.435 e. The Morgan fingerprint density at radius 3 is 2.26 bits per heavy atom. The van der Waals surface area contributed by atoms with Gasteiger partial charge in [0.2, 0.25) is 26.0 Å². The van der Waals surface area contributed by atoms with E-state index >= 15 is 0 Å². The van der Waals surface area contributed by atoms with E-state index in [0.717, 1.165) is 10.7 Å². The van der Waals surface area contributed by atoms with Gasteiger partial charge in [-0.2, -0.15) is 31.4 Å². The smallest absolute Gasteiger partial charge is 0.387 e. The average molecular weight is 730 g/mol. The molecule has 2 aliphatic heterocycles. The maximum atomic E-state index is 14.0. The van der Waals surface area contributed by atoms with Crippen molar-refractivity contribution in [3.8, 4) is 0 Å². The van der Waals surface area contributed by atoms with Crippen molar-refractivity contribution in [1.82, 2.24) is 19.7 Å². The summed E-state index contributed by atoms with van der Waals surface area (Å²) in [6.45, 7) is 1.62. The first-order chi connectivity index (χ1) is 21.6. The molecule has 1 unspecified atom stereocenters. The van der Waals surface area contributed by atoms with E-state index in [1.165, 1.54) is 23.2 Å². The van der Waals surface area contributed by atoms with Gasteiger partial charge < -0.3 is 9.74 Å². The van der Waals surface area contributed by atoms with Crippen molar-refractivity contribution in [3.63, 3.8) is 0 Å². The number of hydrogen-bond acceptors (Lipinski definition) is 10. The van der Waals surface area contributed by atoms with Gasteiger partial charge in [0.25, 0.3) is 0 Å². The van der Waals surface area contributed by atoms with E-state index in [-0.39, 0.29) is 42.7 Å². The summed E-state index contributed by atoms with van der Waals surface area (Å²) >= 11 is 1.22. The fourth-order valence-electron chi connectivity index (χ4n) is 5.37. The number of rotatable bonds is 7. The summed E-state index contributed by atoms with van der Waals surface area (Å²) < 4.78 is 131. The molecule has 5 rings (SSSR count). The Kier molecular flexibility index (Phi) is 8.96. The van der Waals surface area contributed by atoms with Crippen LogP contribution in [-0.4, -0.2) is 61.2 Å². The highest BCUT2D eigenvalue weighted by atomic mass is 32.2. The van der Waals surface area contributed by atoms with Crippen molar-refractivity contribution in [3.05, 3.63) is 56.8 Å². The maximum absolute atomic E-state index is 14.0. The van der Waals surface area contributed by atoms with Crippen LogP contribution in [0.4, 0.5) is 26.3 Å². The number of nitrogens with two attached hydrogens (primary N) is 2. The minimum atomic E-state index is -5.13. The van der Waals surface area contributed by atoms with Crippen LogP contribution in [0.25, 0.3) is 0 Å². The molecule has 1 fully saturated rings. The predicted molar refractivity (Wildman–Crippen MR) is 152 cm³/mol. The second kappa shape index (κ2) is 12.1. The summed E-state index contributed by atoms with van der Waals surface area (Å²) in [6, 6.07) is 1.64. The van der Waals surface area contributed by atoms with Crippen LogP contribution in [0.15, 0.2) is 38.5 Å². The van der Waals surface area contributed by atoms with E-state index in [1.54, 1.807) is 5.38 Å². The van der Waals surface area contributed by atoms with Gasteiger partial charge in [0, 0.05) is 42.1 Å². The normalized spacial score (nSPS) is 18.4. The van der Waals surface area contributed by atoms with Gasteiger partial charge >= 0.3 is 12.4 Å². The number of carbonyl (C=O) groups is 1. The summed E-state index contributed by atoms with van der Waals surface area (Å²) in [7, 11) is -9.91. The molecule has 256 valence electrons. The number of nitrogens with zero attached hydrogens (tertiary/aromatic N) is 5. The molecule has 3 aromatic rings. The first kappa shape index (κ1) is 34.7. The molecule has 1 atom stereocenters. The molecule has 0 radical (unpaired) electrons. The van der Waals surface area contributed by atoms with Gasteiger partial charge in [0.05, 0.1) is 16.3 Å². The molecule has 2 aliphatic rings. The van der Waals surface area contributed by atoms with Crippen LogP contribution in [0, 0.1) is 6.92 Å². The van der Waals surface area contributed by atoms with Crippen molar-refractivity contribution >= 4 is 43.0 Å². The van der Waals surface area contributed by atoms with Crippen LogP contribution in [0.5, 0.6) is 0 Å². The van der Waals surface area contributed by atoms with Gasteiger partial charge in [-0.3, -0.25) is 9.48 Å². The van der Waals surface area contributed by atoms with Gasteiger partial charge in [-0.05, 0) is 38.0 Å². The third-order valence-electron chi connectivity index (χ3n) is 7.62. The topological polar surface area (TPSA) is 193 Å². The summed E-state index contributed by atoms with van der Waals surface area (Å²) in [5.74, 6) is -0.535. The van der Waals surface area contributed by atoms with Crippen molar-refractivity contribution in [2.75, 3.05) is 13.1 Å². The quantitative estimate of drug-likeness (QED) is 0.346. The molecule has 4 N–H and O–H groups in total. The Morgan fingerprint density at radius 1 is 1.04 bits per heavy atom. The number of oxime groups is 1. The third-order valence-corrected chi connectivity index (χ3v) is 10.7. The zero-order chi connectivity index (χ0) is 34.7. The Hall–Kier alpha value is -3.60. The number of primary sulfonamides is 2. The number of likely N-dealkylation sites (tertiary alicyclic amines) is 1. The molecule has 0 spiro atoms. The lowest BCUT2D eigenvalue weighted by atomic mass is 9.97. The molecule has 1 amide bonds. The summed E-state index contributed by atoms with van der Waals surface area (Å²) in [5.41, 5.74) is -3.17. The number of alkyl halides is 6. The first-order valence-electron chi connectivity index (χ1n) is 13.5. The average Bonchev–Trinajstić information content (AvgIpc) is 3.71. The fourth-order valence-corrected chi connectivity index (χ4v) is 8.59. The number of thiazole rings is 1. The van der Waals surface area contributed by atoms with Gasteiger partial charge in [-0.25, -0.2) is 32.1 Å². The number of hydrogen-bond donors (Lipinski definition) is 2. The number of carbonyl (C=O) groups excluding carboxylic acids is 1. The summed E-state index contributed by atoms with van der Waals surface area (Å²) in [6.07, 6.45) is -11.0.